The predicted molar refractivity (Wildman–Crippen MR) is 94.9 cm³/mol. The van der Waals surface area contributed by atoms with Crippen LogP contribution >= 0.6 is 0 Å². The molecular weight excluding hydrogens is 395 g/mol. The number of imidazole rings is 1. The van der Waals surface area contributed by atoms with E-state index in [2.05, 4.69) is 20.7 Å². The van der Waals surface area contributed by atoms with Gasteiger partial charge in [0.1, 0.15) is 35.9 Å². The SMILES string of the molecule is C[S+](CC[C@H]([NH3+])C(=O)[O-])C[C@H]1O[C@@H](n2cnc3c(N)nc(F)nc32)[C@H](O)[C@@H]1O. The van der Waals surface area contributed by atoms with Gasteiger partial charge in [0.25, 0.3) is 0 Å². The first-order chi connectivity index (χ1) is 13.2. The number of nitrogens with zero attached hydrogens (tertiary/aromatic N) is 4. The molecule has 7 N–H and O–H groups in total. The molecule has 0 saturated carbocycles. The number of halogens is 1. The summed E-state index contributed by atoms with van der Waals surface area (Å²) in [6.07, 6.45) is -1.69. The maximum absolute atomic E-state index is 13.5. The van der Waals surface area contributed by atoms with Gasteiger partial charge in [-0.2, -0.15) is 14.4 Å². The van der Waals surface area contributed by atoms with Gasteiger partial charge in [-0.05, 0) is 10.9 Å². The van der Waals surface area contributed by atoms with Crippen LogP contribution < -0.4 is 16.6 Å². The van der Waals surface area contributed by atoms with Crippen molar-refractivity contribution in [3.05, 3.63) is 12.4 Å². The number of carboxylic acid groups (broad SMARTS) is 1. The Morgan fingerprint density at radius 1 is 1.50 bits per heavy atom. The number of carbonyl (C=O) groups excluding carboxylic acids is 1. The molecule has 1 aliphatic heterocycles. The molecule has 28 heavy (non-hydrogen) atoms. The maximum atomic E-state index is 13.5. The average molecular weight is 417 g/mol. The first kappa shape index (κ1) is 20.7. The van der Waals surface area contributed by atoms with Crippen molar-refractivity contribution in [2.45, 2.75) is 37.0 Å². The number of fused-ring (bicyclic) bond motifs is 1. The van der Waals surface area contributed by atoms with Gasteiger partial charge in [0.15, 0.2) is 23.2 Å². The number of hydrogen-bond acceptors (Lipinski definition) is 9. The molecule has 0 aromatic carbocycles. The second-order valence-corrected chi connectivity index (χ2v) is 9.01. The minimum atomic E-state index is -1.29. The number of aliphatic hydroxyl groups excluding tert-OH is 2. The van der Waals surface area contributed by atoms with Crippen molar-refractivity contribution in [2.75, 3.05) is 23.5 Å². The van der Waals surface area contributed by atoms with E-state index in [0.717, 1.165) is 0 Å². The zero-order valence-corrected chi connectivity index (χ0v) is 15.9. The molecule has 154 valence electrons. The fourth-order valence-corrected chi connectivity index (χ4v) is 4.71. The molecule has 3 rings (SSSR count). The summed E-state index contributed by atoms with van der Waals surface area (Å²) >= 11 is 0. The van der Waals surface area contributed by atoms with Crippen LogP contribution in [-0.2, 0) is 20.4 Å². The molecule has 0 radical (unpaired) electrons. The summed E-state index contributed by atoms with van der Waals surface area (Å²) in [6.45, 7) is 0. The van der Waals surface area contributed by atoms with E-state index in [4.69, 9.17) is 10.5 Å². The number of quaternary nitrogens is 1. The Labute approximate surface area is 161 Å². The van der Waals surface area contributed by atoms with Gasteiger partial charge >= 0.3 is 6.08 Å². The molecule has 1 fully saturated rings. The highest BCUT2D eigenvalue weighted by atomic mass is 32.2. The van der Waals surface area contributed by atoms with Gasteiger partial charge in [0.2, 0.25) is 0 Å². The van der Waals surface area contributed by atoms with Crippen molar-refractivity contribution in [1.29, 1.82) is 0 Å². The summed E-state index contributed by atoms with van der Waals surface area (Å²) < 4.78 is 20.6. The first-order valence-corrected chi connectivity index (χ1v) is 10.5. The van der Waals surface area contributed by atoms with Gasteiger partial charge in [-0.3, -0.25) is 4.57 Å². The molecule has 0 bridgehead atoms. The zero-order chi connectivity index (χ0) is 20.6. The summed E-state index contributed by atoms with van der Waals surface area (Å²) in [5.41, 5.74) is 9.36. The Hall–Kier alpha value is -2.06. The molecule has 11 nitrogen and oxygen atoms in total. The van der Waals surface area contributed by atoms with Crippen LogP contribution in [0.5, 0.6) is 0 Å². The Morgan fingerprint density at radius 3 is 2.89 bits per heavy atom. The van der Waals surface area contributed by atoms with Gasteiger partial charge in [0, 0.05) is 6.42 Å². The molecule has 0 spiro atoms. The number of nitrogens with two attached hydrogens (primary N) is 1. The van der Waals surface area contributed by atoms with Crippen LogP contribution in [0.1, 0.15) is 12.6 Å². The normalized spacial score (nSPS) is 27.2. The lowest BCUT2D eigenvalue weighted by atomic mass is 10.1. The highest BCUT2D eigenvalue weighted by Gasteiger charge is 2.46. The van der Waals surface area contributed by atoms with E-state index >= 15 is 0 Å². The van der Waals surface area contributed by atoms with E-state index in [-0.39, 0.29) is 27.9 Å². The van der Waals surface area contributed by atoms with Crippen LogP contribution in [0.2, 0.25) is 0 Å². The third kappa shape index (κ3) is 4.03. The molecule has 1 aliphatic rings. The zero-order valence-electron chi connectivity index (χ0n) is 15.1. The Bertz CT molecular complexity index is 869. The van der Waals surface area contributed by atoms with Crippen LogP contribution in [0, 0.1) is 6.08 Å². The topological polar surface area (TPSA) is 187 Å². The minimum Gasteiger partial charge on any atom is -0.544 e. The predicted octanol–water partition coefficient (Wildman–Crippen LogP) is -3.83. The molecule has 0 amide bonds. The van der Waals surface area contributed by atoms with Crippen molar-refractivity contribution >= 4 is 33.8 Å². The van der Waals surface area contributed by atoms with Crippen molar-refractivity contribution in [3.63, 3.8) is 0 Å². The van der Waals surface area contributed by atoms with Gasteiger partial charge in [-0.25, -0.2) is 4.98 Å². The molecule has 1 saturated heterocycles. The molecular formula is C15H22FN6O5S+. The monoisotopic (exact) mass is 417 g/mol. The largest absolute Gasteiger partial charge is 0.544 e. The van der Waals surface area contributed by atoms with Crippen LogP contribution in [0.25, 0.3) is 11.2 Å². The molecule has 2 aromatic heterocycles. The average Bonchev–Trinajstić information content (AvgIpc) is 3.16. The molecule has 3 heterocycles. The molecule has 0 aliphatic carbocycles. The van der Waals surface area contributed by atoms with Crippen molar-refractivity contribution in [1.82, 2.24) is 19.5 Å². The quantitative estimate of drug-likeness (QED) is 0.258. The molecule has 13 heteroatoms. The van der Waals surface area contributed by atoms with E-state index in [1.807, 2.05) is 6.26 Å². The number of carboxylic acids is 1. The number of carbonyl (C=O) groups is 1. The lowest BCUT2D eigenvalue weighted by Crippen LogP contribution is -2.68. The van der Waals surface area contributed by atoms with Crippen LogP contribution in [0.4, 0.5) is 10.2 Å². The van der Waals surface area contributed by atoms with E-state index in [0.29, 0.717) is 17.9 Å². The number of aromatic nitrogens is 4. The standard InChI is InChI=1S/C15H21FN6O5S/c1-28(3-2-6(17)14(25)26)4-7-9(23)10(24)13(27-7)22-5-19-8-11(18)20-15(16)21-12(8)22/h5-7,9-10,13,23-24H,2-4,17H2,1H3,(H2-,18,20,21,25,26)/p+1/t6-,7+,9+,10+,13+,28?/m0/s1. The maximum Gasteiger partial charge on any atom is 0.312 e. The smallest absolute Gasteiger partial charge is 0.312 e. The molecule has 2 aromatic rings. The summed E-state index contributed by atoms with van der Waals surface area (Å²) in [5, 5.41) is 31.5. The lowest BCUT2D eigenvalue weighted by molar-refractivity contribution is -0.437. The van der Waals surface area contributed by atoms with E-state index in [9.17, 15) is 24.5 Å². The third-order valence-electron chi connectivity index (χ3n) is 4.63. The Kier molecular flexibility index (Phi) is 6.00. The first-order valence-electron chi connectivity index (χ1n) is 8.49. The fraction of sp³-hybridized carbons (Fsp3) is 0.600. The second-order valence-electron chi connectivity index (χ2n) is 6.71. The van der Waals surface area contributed by atoms with Crippen molar-refractivity contribution in [3.8, 4) is 0 Å². The summed E-state index contributed by atoms with van der Waals surface area (Å²) in [4.78, 5) is 21.8. The van der Waals surface area contributed by atoms with Crippen LogP contribution in [0.15, 0.2) is 6.33 Å². The van der Waals surface area contributed by atoms with E-state index in [1.165, 1.54) is 10.9 Å². The third-order valence-corrected chi connectivity index (χ3v) is 6.46. The number of nitrogen functional groups attached to an aromatic ring is 1. The van der Waals surface area contributed by atoms with Gasteiger partial charge in [0.05, 0.1) is 18.6 Å². The van der Waals surface area contributed by atoms with Gasteiger partial charge in [-0.15, -0.1) is 0 Å². The van der Waals surface area contributed by atoms with Crippen LogP contribution in [0.3, 0.4) is 0 Å². The van der Waals surface area contributed by atoms with Crippen molar-refractivity contribution < 1.29 is 35.0 Å². The number of anilines is 1. The number of aliphatic hydroxyl groups is 2. The number of hydrogen-bond donors (Lipinski definition) is 4. The summed E-state index contributed by atoms with van der Waals surface area (Å²) in [7, 11) is -0.287. The molecule has 6 atom stereocenters. The van der Waals surface area contributed by atoms with Crippen molar-refractivity contribution in [2.24, 2.45) is 0 Å². The minimum absolute atomic E-state index is 0.0475. The lowest BCUT2D eigenvalue weighted by Gasteiger charge is -2.16. The van der Waals surface area contributed by atoms with Gasteiger partial charge < -0.3 is 36.3 Å². The molecule has 1 unspecified atom stereocenters. The van der Waals surface area contributed by atoms with E-state index in [1.54, 1.807) is 0 Å². The summed E-state index contributed by atoms with van der Waals surface area (Å²) in [5.74, 6) is -0.368. The van der Waals surface area contributed by atoms with Gasteiger partial charge in [-0.1, -0.05) is 0 Å². The number of rotatable bonds is 7. The Balaban J connectivity index is 1.72. The fourth-order valence-electron chi connectivity index (χ4n) is 3.02. The number of ether oxygens (including phenoxy) is 1. The second kappa shape index (κ2) is 8.13. The summed E-state index contributed by atoms with van der Waals surface area (Å²) in [6, 6.07) is -0.805. The Morgan fingerprint density at radius 2 is 2.21 bits per heavy atom. The van der Waals surface area contributed by atoms with Crippen LogP contribution in [-0.4, -0.2) is 77.8 Å². The number of aliphatic carboxylic acids is 1. The highest BCUT2D eigenvalue weighted by Crippen LogP contribution is 2.32. The highest BCUT2D eigenvalue weighted by molar-refractivity contribution is 7.96. The van der Waals surface area contributed by atoms with E-state index < -0.39 is 42.6 Å².